The molecule has 1 aliphatic rings. The van der Waals surface area contributed by atoms with E-state index < -0.39 is 11.8 Å². The van der Waals surface area contributed by atoms with Crippen LogP contribution in [0.4, 0.5) is 5.69 Å². The lowest BCUT2D eigenvalue weighted by atomic mass is 10.1. The molecular weight excluding hydrogens is 414 g/mol. The minimum atomic E-state index is -0.570. The van der Waals surface area contributed by atoms with Crippen molar-refractivity contribution >= 4 is 40.9 Å². The monoisotopic (exact) mass is 435 g/mol. The molecule has 2 amide bonds. The normalized spacial score (nSPS) is 14.9. The number of benzene rings is 2. The molecule has 31 heavy (non-hydrogen) atoms. The maximum absolute atomic E-state index is 13.1. The van der Waals surface area contributed by atoms with Gasteiger partial charge in [0.2, 0.25) is 0 Å². The minimum Gasteiger partial charge on any atom is -0.490 e. The Kier molecular flexibility index (Phi) is 7.00. The van der Waals surface area contributed by atoms with Gasteiger partial charge in [0.05, 0.1) is 12.3 Å². The Morgan fingerprint density at radius 1 is 1.10 bits per heavy atom. The Morgan fingerprint density at radius 2 is 1.84 bits per heavy atom. The summed E-state index contributed by atoms with van der Waals surface area (Å²) in [7, 11) is 0. The van der Waals surface area contributed by atoms with Gasteiger partial charge < -0.3 is 9.47 Å². The zero-order valence-electron chi connectivity index (χ0n) is 17.2. The van der Waals surface area contributed by atoms with Crippen LogP contribution in [0.15, 0.2) is 48.0 Å². The number of carbonyl (C=O) groups is 2. The molecule has 0 spiro atoms. The van der Waals surface area contributed by atoms with Gasteiger partial charge in [-0.15, -0.1) is 0 Å². The third-order valence-corrected chi connectivity index (χ3v) is 4.86. The van der Waals surface area contributed by atoms with Gasteiger partial charge in [-0.25, -0.2) is 0 Å². The largest absolute Gasteiger partial charge is 0.490 e. The van der Waals surface area contributed by atoms with E-state index in [1.54, 1.807) is 30.3 Å². The summed E-state index contributed by atoms with van der Waals surface area (Å²) in [6, 6.07) is 14.3. The topological polar surface area (TPSA) is 91.7 Å². The van der Waals surface area contributed by atoms with Crippen molar-refractivity contribution in [2.24, 2.45) is 0 Å². The van der Waals surface area contributed by atoms with Crippen LogP contribution >= 0.6 is 12.2 Å². The van der Waals surface area contributed by atoms with Crippen molar-refractivity contribution in [3.05, 3.63) is 59.2 Å². The maximum atomic E-state index is 13.1. The maximum Gasteiger partial charge on any atom is 0.270 e. The Morgan fingerprint density at radius 3 is 2.48 bits per heavy atom. The van der Waals surface area contributed by atoms with Crippen LogP contribution in [0.2, 0.25) is 0 Å². The molecule has 0 bridgehead atoms. The molecule has 158 valence electrons. The van der Waals surface area contributed by atoms with Gasteiger partial charge in [0.1, 0.15) is 11.6 Å². The van der Waals surface area contributed by atoms with E-state index in [0.717, 1.165) is 12.0 Å². The van der Waals surface area contributed by atoms with Gasteiger partial charge in [-0.2, -0.15) is 5.26 Å². The fraction of sp³-hybridized carbons (Fsp3) is 0.217. The van der Waals surface area contributed by atoms with Crippen LogP contribution in [0.3, 0.4) is 0 Å². The number of carbonyl (C=O) groups excluding carboxylic acids is 2. The van der Waals surface area contributed by atoms with Gasteiger partial charge in [0.15, 0.2) is 23.2 Å². The molecule has 0 saturated carbocycles. The molecule has 1 heterocycles. The molecule has 2 aromatic carbocycles. The molecule has 1 aliphatic heterocycles. The smallest absolute Gasteiger partial charge is 0.270 e. The first kappa shape index (κ1) is 22.0. The second-order valence-corrected chi connectivity index (χ2v) is 6.95. The third-order valence-electron chi connectivity index (χ3n) is 4.58. The third kappa shape index (κ3) is 4.90. The van der Waals surface area contributed by atoms with Crippen molar-refractivity contribution in [1.82, 2.24) is 5.32 Å². The number of hydrogen-bond acceptors (Lipinski definition) is 6. The quantitative estimate of drug-likeness (QED) is 0.407. The standard InChI is InChI=1S/C23H21N3O4S/c1-3-15-5-8-17(9-6-15)26-22(28)18(21(27)25-23(26)31)13-16-7-10-19(30-12-11-24)20(14-16)29-4-2/h5-10,13-14H,3-4,12H2,1-2H3,(H,25,27,31). The van der Waals surface area contributed by atoms with E-state index in [2.05, 4.69) is 5.32 Å². The fourth-order valence-corrected chi connectivity index (χ4v) is 3.33. The van der Waals surface area contributed by atoms with Gasteiger partial charge >= 0.3 is 0 Å². The highest BCUT2D eigenvalue weighted by atomic mass is 32.1. The first-order valence-electron chi connectivity index (χ1n) is 9.75. The summed E-state index contributed by atoms with van der Waals surface area (Å²) in [4.78, 5) is 27.0. The van der Waals surface area contributed by atoms with Crippen LogP contribution in [0.5, 0.6) is 11.5 Å². The number of rotatable bonds is 7. The summed E-state index contributed by atoms with van der Waals surface area (Å²) >= 11 is 5.24. The van der Waals surface area contributed by atoms with Crippen molar-refractivity contribution in [3.8, 4) is 17.6 Å². The fourth-order valence-electron chi connectivity index (χ4n) is 3.05. The van der Waals surface area contributed by atoms with Crippen molar-refractivity contribution in [1.29, 1.82) is 5.26 Å². The summed E-state index contributed by atoms with van der Waals surface area (Å²) in [6.07, 6.45) is 2.35. The molecular formula is C23H21N3O4S. The van der Waals surface area contributed by atoms with Gasteiger partial charge in [-0.1, -0.05) is 25.1 Å². The van der Waals surface area contributed by atoms with Crippen LogP contribution in [0.25, 0.3) is 6.08 Å². The molecule has 2 aromatic rings. The molecule has 7 nitrogen and oxygen atoms in total. The molecule has 0 aromatic heterocycles. The van der Waals surface area contributed by atoms with Crippen LogP contribution in [0, 0.1) is 11.3 Å². The lowest BCUT2D eigenvalue weighted by molar-refractivity contribution is -0.122. The van der Waals surface area contributed by atoms with E-state index in [4.69, 9.17) is 27.0 Å². The van der Waals surface area contributed by atoms with Crippen molar-refractivity contribution in [2.45, 2.75) is 20.3 Å². The van der Waals surface area contributed by atoms with Crippen molar-refractivity contribution in [2.75, 3.05) is 18.1 Å². The van der Waals surface area contributed by atoms with E-state index in [9.17, 15) is 9.59 Å². The van der Waals surface area contributed by atoms with Crippen molar-refractivity contribution < 1.29 is 19.1 Å². The average molecular weight is 436 g/mol. The number of ether oxygens (including phenoxy) is 2. The first-order chi connectivity index (χ1) is 15.0. The number of aryl methyl sites for hydroxylation is 1. The average Bonchev–Trinajstić information content (AvgIpc) is 2.76. The Hall–Kier alpha value is -3.70. The number of anilines is 1. The van der Waals surface area contributed by atoms with Gasteiger partial charge in [-0.3, -0.25) is 19.8 Å². The highest BCUT2D eigenvalue weighted by Gasteiger charge is 2.34. The lowest BCUT2D eigenvalue weighted by Crippen LogP contribution is -2.54. The molecule has 0 atom stereocenters. The highest BCUT2D eigenvalue weighted by Crippen LogP contribution is 2.30. The Bertz CT molecular complexity index is 1090. The van der Waals surface area contributed by atoms with E-state index in [1.165, 1.54) is 11.0 Å². The zero-order chi connectivity index (χ0) is 22.4. The number of amides is 2. The summed E-state index contributed by atoms with van der Waals surface area (Å²) in [6.45, 7) is 4.13. The minimum absolute atomic E-state index is 0.0339. The Labute approximate surface area is 185 Å². The van der Waals surface area contributed by atoms with Gasteiger partial charge in [0, 0.05) is 0 Å². The lowest BCUT2D eigenvalue weighted by Gasteiger charge is -2.29. The number of thiocarbonyl (C=S) groups is 1. The molecule has 8 heteroatoms. The van der Waals surface area contributed by atoms with Crippen LogP contribution in [-0.4, -0.2) is 30.1 Å². The number of nitrogens with one attached hydrogen (secondary N) is 1. The zero-order valence-corrected chi connectivity index (χ0v) is 18.0. The SMILES string of the molecule is CCOc1cc(C=C2C(=O)NC(=S)N(c3ccc(CC)cc3)C2=O)ccc1OCC#N. The molecule has 1 saturated heterocycles. The van der Waals surface area contributed by atoms with Crippen molar-refractivity contribution in [3.63, 3.8) is 0 Å². The van der Waals surface area contributed by atoms with Gasteiger partial charge in [0.25, 0.3) is 11.8 Å². The molecule has 0 aliphatic carbocycles. The van der Waals surface area contributed by atoms with E-state index in [-0.39, 0.29) is 17.3 Å². The summed E-state index contributed by atoms with van der Waals surface area (Å²) < 4.78 is 10.9. The first-order valence-corrected chi connectivity index (χ1v) is 10.2. The highest BCUT2D eigenvalue weighted by molar-refractivity contribution is 7.80. The number of nitriles is 1. The molecule has 1 fully saturated rings. The summed E-state index contributed by atoms with van der Waals surface area (Å²) in [5, 5.41) is 11.3. The number of hydrogen-bond donors (Lipinski definition) is 1. The van der Waals surface area contributed by atoms with Crippen LogP contribution in [-0.2, 0) is 16.0 Å². The molecule has 1 N–H and O–H groups in total. The second kappa shape index (κ2) is 9.87. The molecule has 0 radical (unpaired) electrons. The molecule has 3 rings (SSSR count). The van der Waals surface area contributed by atoms with E-state index in [1.807, 2.05) is 32.0 Å². The second-order valence-electron chi connectivity index (χ2n) is 6.56. The van der Waals surface area contributed by atoms with Gasteiger partial charge in [-0.05, 0) is 67.0 Å². The predicted molar refractivity (Wildman–Crippen MR) is 121 cm³/mol. The summed E-state index contributed by atoms with van der Waals surface area (Å²) in [5.74, 6) is -0.262. The Balaban J connectivity index is 1.95. The van der Waals surface area contributed by atoms with Crippen LogP contribution in [0.1, 0.15) is 25.0 Å². The van der Waals surface area contributed by atoms with Crippen LogP contribution < -0.4 is 19.7 Å². The van der Waals surface area contributed by atoms with E-state index >= 15 is 0 Å². The molecule has 0 unspecified atom stereocenters. The van der Waals surface area contributed by atoms with E-state index in [0.29, 0.717) is 29.4 Å². The number of nitrogens with zero attached hydrogens (tertiary/aromatic N) is 2. The summed E-state index contributed by atoms with van der Waals surface area (Å²) in [5.41, 5.74) is 2.22. The predicted octanol–water partition coefficient (Wildman–Crippen LogP) is 3.38.